The number of sulfonamides is 1. The molecule has 0 aliphatic rings. The summed E-state index contributed by atoms with van der Waals surface area (Å²) in [7, 11) is -4.25. The number of thiazole rings is 1. The number of carbonyl (C=O) groups excluding carboxylic acids is 1. The Morgan fingerprint density at radius 2 is 2.04 bits per heavy atom. The standard InChI is InChI=1S/C14H17FN4O4S2/c1-8-10(18-13(20)23-14(2,3)4)5-9(15)12(17-8)25(21,22)19-11-6-24-7-16-11/h5-7,19H,1-4H3,(H,18,20). The first kappa shape index (κ1) is 19.1. The number of anilines is 2. The average molecular weight is 388 g/mol. The molecule has 0 radical (unpaired) electrons. The van der Waals surface area contributed by atoms with Crippen LogP contribution in [0.2, 0.25) is 0 Å². The van der Waals surface area contributed by atoms with E-state index in [0.29, 0.717) is 0 Å². The molecular formula is C14H17FN4O4S2. The molecule has 136 valence electrons. The van der Waals surface area contributed by atoms with Gasteiger partial charge in [-0.3, -0.25) is 10.0 Å². The Balaban J connectivity index is 2.26. The van der Waals surface area contributed by atoms with E-state index in [0.717, 1.165) is 6.07 Å². The van der Waals surface area contributed by atoms with Crippen molar-refractivity contribution in [1.29, 1.82) is 0 Å². The van der Waals surface area contributed by atoms with E-state index < -0.39 is 32.6 Å². The largest absolute Gasteiger partial charge is 0.444 e. The number of nitrogens with zero attached hydrogens (tertiary/aromatic N) is 2. The van der Waals surface area contributed by atoms with Gasteiger partial charge in [0.15, 0.2) is 11.6 Å². The summed E-state index contributed by atoms with van der Waals surface area (Å²) in [6.07, 6.45) is -0.798. The zero-order valence-electron chi connectivity index (χ0n) is 14.0. The molecule has 0 saturated heterocycles. The van der Waals surface area contributed by atoms with E-state index in [1.807, 2.05) is 0 Å². The Hall–Kier alpha value is -2.27. The maximum absolute atomic E-state index is 14.3. The highest BCUT2D eigenvalue weighted by Crippen LogP contribution is 2.23. The average Bonchev–Trinajstić information content (AvgIpc) is 2.92. The van der Waals surface area contributed by atoms with Crippen molar-refractivity contribution in [3.05, 3.63) is 28.5 Å². The fourth-order valence-electron chi connectivity index (χ4n) is 1.74. The van der Waals surface area contributed by atoms with Crippen molar-refractivity contribution in [3.63, 3.8) is 0 Å². The van der Waals surface area contributed by atoms with Gasteiger partial charge in [0.25, 0.3) is 10.0 Å². The molecule has 11 heteroatoms. The summed E-state index contributed by atoms with van der Waals surface area (Å²) in [6, 6.07) is 0.877. The molecule has 0 saturated carbocycles. The number of aryl methyl sites for hydroxylation is 1. The van der Waals surface area contributed by atoms with Crippen molar-refractivity contribution >= 4 is 39.0 Å². The Labute approximate surface area is 148 Å². The summed E-state index contributed by atoms with van der Waals surface area (Å²) in [6.45, 7) is 6.47. The number of pyridine rings is 1. The molecule has 2 N–H and O–H groups in total. The SMILES string of the molecule is Cc1nc(S(=O)(=O)Nc2cscn2)c(F)cc1NC(=O)OC(C)(C)C. The smallest absolute Gasteiger partial charge is 0.412 e. The van der Waals surface area contributed by atoms with E-state index in [-0.39, 0.29) is 17.2 Å². The zero-order chi connectivity index (χ0) is 18.8. The predicted octanol–water partition coefficient (Wildman–Crippen LogP) is 3.13. The Morgan fingerprint density at radius 1 is 1.36 bits per heavy atom. The number of rotatable bonds is 4. The Kier molecular flexibility index (Phi) is 5.28. The fraction of sp³-hybridized carbons (Fsp3) is 0.357. The lowest BCUT2D eigenvalue weighted by atomic mass is 10.2. The summed E-state index contributed by atoms with van der Waals surface area (Å²) in [5.41, 5.74) is 0.830. The van der Waals surface area contributed by atoms with Crippen LogP contribution in [0.1, 0.15) is 26.5 Å². The van der Waals surface area contributed by atoms with Gasteiger partial charge in [-0.2, -0.15) is 8.42 Å². The minimum atomic E-state index is -4.25. The summed E-state index contributed by atoms with van der Waals surface area (Å²) in [5, 5.41) is 3.02. The highest BCUT2D eigenvalue weighted by atomic mass is 32.2. The molecule has 1 amide bonds. The molecule has 0 aliphatic heterocycles. The van der Waals surface area contributed by atoms with Crippen LogP contribution in [0.25, 0.3) is 0 Å². The van der Waals surface area contributed by atoms with Crippen LogP contribution in [0.3, 0.4) is 0 Å². The number of hydrogen-bond acceptors (Lipinski definition) is 7. The molecule has 0 spiro atoms. The first-order valence-electron chi connectivity index (χ1n) is 7.06. The molecule has 2 aromatic rings. The number of halogens is 1. The second-order valence-corrected chi connectivity index (χ2v) is 8.33. The van der Waals surface area contributed by atoms with E-state index >= 15 is 0 Å². The van der Waals surface area contributed by atoms with Crippen LogP contribution < -0.4 is 10.0 Å². The summed E-state index contributed by atoms with van der Waals surface area (Å²) < 4.78 is 45.9. The van der Waals surface area contributed by atoms with Crippen LogP contribution in [-0.2, 0) is 14.8 Å². The van der Waals surface area contributed by atoms with Crippen LogP contribution in [-0.4, -0.2) is 30.1 Å². The van der Waals surface area contributed by atoms with Crippen molar-refractivity contribution in [2.24, 2.45) is 0 Å². The van der Waals surface area contributed by atoms with Gasteiger partial charge in [0.1, 0.15) is 5.60 Å². The van der Waals surface area contributed by atoms with Crippen LogP contribution in [0.15, 0.2) is 22.0 Å². The van der Waals surface area contributed by atoms with Crippen LogP contribution >= 0.6 is 11.3 Å². The quantitative estimate of drug-likeness (QED) is 0.833. The van der Waals surface area contributed by atoms with Gasteiger partial charge in [-0.25, -0.2) is 19.2 Å². The maximum Gasteiger partial charge on any atom is 0.412 e. The minimum Gasteiger partial charge on any atom is -0.444 e. The zero-order valence-corrected chi connectivity index (χ0v) is 15.6. The van der Waals surface area contributed by atoms with Crippen molar-refractivity contribution in [2.45, 2.75) is 38.3 Å². The number of ether oxygens (including phenoxy) is 1. The molecule has 25 heavy (non-hydrogen) atoms. The second-order valence-electron chi connectivity index (χ2n) is 6.01. The van der Waals surface area contributed by atoms with Gasteiger partial charge >= 0.3 is 6.09 Å². The molecule has 8 nitrogen and oxygen atoms in total. The third-order valence-electron chi connectivity index (χ3n) is 2.70. The van der Waals surface area contributed by atoms with Crippen molar-refractivity contribution in [3.8, 4) is 0 Å². The molecule has 0 aliphatic carbocycles. The number of hydrogen-bond donors (Lipinski definition) is 2. The highest BCUT2D eigenvalue weighted by molar-refractivity contribution is 7.92. The molecule has 0 unspecified atom stereocenters. The van der Waals surface area contributed by atoms with Gasteiger partial charge < -0.3 is 4.74 Å². The maximum atomic E-state index is 14.3. The molecule has 0 bridgehead atoms. The molecule has 0 aromatic carbocycles. The summed E-state index contributed by atoms with van der Waals surface area (Å²) in [4.78, 5) is 19.3. The van der Waals surface area contributed by atoms with Gasteiger partial charge in [0, 0.05) is 11.4 Å². The number of amides is 1. The summed E-state index contributed by atoms with van der Waals surface area (Å²) in [5.74, 6) is -1.04. The first-order valence-corrected chi connectivity index (χ1v) is 9.49. The van der Waals surface area contributed by atoms with Gasteiger partial charge in [-0.05, 0) is 27.7 Å². The van der Waals surface area contributed by atoms with Gasteiger partial charge in [0.2, 0.25) is 5.03 Å². The topological polar surface area (TPSA) is 110 Å². The van der Waals surface area contributed by atoms with Gasteiger partial charge in [0.05, 0.1) is 16.9 Å². The first-order chi connectivity index (χ1) is 11.5. The second kappa shape index (κ2) is 6.92. The Bertz CT molecular complexity index is 877. The lowest BCUT2D eigenvalue weighted by Crippen LogP contribution is -2.27. The van der Waals surface area contributed by atoms with Crippen LogP contribution in [0.5, 0.6) is 0 Å². The normalized spacial score (nSPS) is 11.9. The monoisotopic (exact) mass is 388 g/mol. The van der Waals surface area contributed by atoms with Crippen LogP contribution in [0, 0.1) is 12.7 Å². The molecule has 2 aromatic heterocycles. The van der Waals surface area contributed by atoms with E-state index in [1.54, 1.807) is 20.8 Å². The van der Waals surface area contributed by atoms with Crippen molar-refractivity contribution in [2.75, 3.05) is 10.0 Å². The summed E-state index contributed by atoms with van der Waals surface area (Å²) >= 11 is 1.18. The van der Waals surface area contributed by atoms with Crippen molar-refractivity contribution < 1.29 is 22.3 Å². The van der Waals surface area contributed by atoms with Gasteiger partial charge in [-0.15, -0.1) is 11.3 Å². The highest BCUT2D eigenvalue weighted by Gasteiger charge is 2.25. The van der Waals surface area contributed by atoms with Crippen molar-refractivity contribution in [1.82, 2.24) is 9.97 Å². The van der Waals surface area contributed by atoms with E-state index in [1.165, 1.54) is 29.2 Å². The third-order valence-corrected chi connectivity index (χ3v) is 4.56. The third kappa shape index (κ3) is 5.10. The lowest BCUT2D eigenvalue weighted by molar-refractivity contribution is 0.0635. The fourth-order valence-corrected chi connectivity index (χ4v) is 3.35. The van der Waals surface area contributed by atoms with E-state index in [2.05, 4.69) is 20.0 Å². The van der Waals surface area contributed by atoms with Gasteiger partial charge in [-0.1, -0.05) is 0 Å². The minimum absolute atomic E-state index is 0.0133. The van der Waals surface area contributed by atoms with Crippen LogP contribution in [0.4, 0.5) is 20.7 Å². The molecule has 2 rings (SSSR count). The number of aromatic nitrogens is 2. The Morgan fingerprint density at radius 3 is 2.60 bits per heavy atom. The number of nitrogens with one attached hydrogen (secondary N) is 2. The lowest BCUT2D eigenvalue weighted by Gasteiger charge is -2.20. The molecular weight excluding hydrogens is 371 g/mol. The van der Waals surface area contributed by atoms with E-state index in [4.69, 9.17) is 4.74 Å². The molecule has 2 heterocycles. The predicted molar refractivity (Wildman–Crippen MR) is 91.7 cm³/mol. The molecule has 0 fully saturated rings. The van der Waals surface area contributed by atoms with E-state index in [9.17, 15) is 17.6 Å². The molecule has 0 atom stereocenters. The number of carbonyl (C=O) groups is 1.